The molecule has 0 aromatic rings. The van der Waals surface area contributed by atoms with E-state index in [1.165, 1.54) is 0 Å². The SMILES string of the molecule is NC1(C(=O)O)C=NN=N1. The van der Waals surface area contributed by atoms with Crippen LogP contribution in [0.3, 0.4) is 0 Å². The van der Waals surface area contributed by atoms with Crippen molar-refractivity contribution < 1.29 is 9.90 Å². The first-order valence-electron chi connectivity index (χ1n) is 2.14. The fourth-order valence-corrected chi connectivity index (χ4v) is 0.337. The number of hydrogen-bond donors (Lipinski definition) is 2. The maximum absolute atomic E-state index is 10.2. The van der Waals surface area contributed by atoms with Gasteiger partial charge in [0, 0.05) is 0 Å². The van der Waals surface area contributed by atoms with E-state index < -0.39 is 11.6 Å². The number of nitrogens with zero attached hydrogens (tertiary/aromatic N) is 3. The number of carbonyl (C=O) groups is 1. The third kappa shape index (κ3) is 0.789. The first-order valence-corrected chi connectivity index (χ1v) is 2.14. The summed E-state index contributed by atoms with van der Waals surface area (Å²) in [7, 11) is 0. The van der Waals surface area contributed by atoms with Crippen LogP contribution in [-0.4, -0.2) is 23.0 Å². The fraction of sp³-hybridized carbons (Fsp3) is 0.333. The Kier molecular flexibility index (Phi) is 1.03. The summed E-state index contributed by atoms with van der Waals surface area (Å²) in [6.07, 6.45) is 0.968. The van der Waals surface area contributed by atoms with Gasteiger partial charge in [-0.25, -0.2) is 4.79 Å². The van der Waals surface area contributed by atoms with E-state index in [4.69, 9.17) is 10.8 Å². The number of nitrogens with two attached hydrogens (primary N) is 1. The normalized spacial score (nSPS) is 31.2. The van der Waals surface area contributed by atoms with E-state index in [2.05, 4.69) is 15.4 Å². The molecule has 0 aromatic carbocycles. The first kappa shape index (κ1) is 5.83. The second-order valence-corrected chi connectivity index (χ2v) is 1.56. The topological polar surface area (TPSA) is 100 Å². The van der Waals surface area contributed by atoms with Gasteiger partial charge in [-0.05, 0) is 5.22 Å². The number of carboxylic acids is 1. The lowest BCUT2D eigenvalue weighted by molar-refractivity contribution is -0.140. The van der Waals surface area contributed by atoms with E-state index >= 15 is 0 Å². The minimum Gasteiger partial charge on any atom is -0.478 e. The van der Waals surface area contributed by atoms with Crippen molar-refractivity contribution in [1.82, 2.24) is 0 Å². The quantitative estimate of drug-likeness (QED) is 0.482. The van der Waals surface area contributed by atoms with Crippen molar-refractivity contribution in [3.63, 3.8) is 0 Å². The Hall–Kier alpha value is -1.30. The van der Waals surface area contributed by atoms with Crippen molar-refractivity contribution in [2.45, 2.75) is 5.66 Å². The Morgan fingerprint density at radius 3 is 2.67 bits per heavy atom. The second-order valence-electron chi connectivity index (χ2n) is 1.56. The maximum atomic E-state index is 10.2. The van der Waals surface area contributed by atoms with Crippen LogP contribution in [0.4, 0.5) is 0 Å². The molecule has 0 fully saturated rings. The summed E-state index contributed by atoms with van der Waals surface area (Å²) in [6.45, 7) is 0. The van der Waals surface area contributed by atoms with E-state index in [0.29, 0.717) is 0 Å². The molecule has 1 atom stereocenters. The minimum absolute atomic E-state index is 0.968. The summed E-state index contributed by atoms with van der Waals surface area (Å²) in [5.41, 5.74) is 3.37. The van der Waals surface area contributed by atoms with Gasteiger partial charge in [-0.3, -0.25) is 5.73 Å². The van der Waals surface area contributed by atoms with Crippen LogP contribution in [0.25, 0.3) is 0 Å². The van der Waals surface area contributed by atoms with Gasteiger partial charge >= 0.3 is 5.97 Å². The number of aliphatic carboxylic acids is 1. The number of hydrogen-bond acceptors (Lipinski definition) is 5. The highest BCUT2D eigenvalue weighted by atomic mass is 16.4. The van der Waals surface area contributed by atoms with Crippen molar-refractivity contribution >= 4 is 12.2 Å². The molecular weight excluding hydrogens is 124 g/mol. The van der Waals surface area contributed by atoms with E-state index in [0.717, 1.165) is 6.21 Å². The second kappa shape index (κ2) is 1.59. The van der Waals surface area contributed by atoms with E-state index in [9.17, 15) is 4.79 Å². The summed E-state index contributed by atoms with van der Waals surface area (Å²) in [5, 5.41) is 17.7. The van der Waals surface area contributed by atoms with Gasteiger partial charge in [-0.2, -0.15) is 0 Å². The highest BCUT2D eigenvalue weighted by molar-refractivity contribution is 5.98. The number of rotatable bonds is 1. The predicted octanol–water partition coefficient (Wildman–Crippen LogP) is -0.822. The van der Waals surface area contributed by atoms with E-state index in [1.54, 1.807) is 0 Å². The van der Waals surface area contributed by atoms with Crippen LogP contribution in [0.2, 0.25) is 0 Å². The molecule has 6 nitrogen and oxygen atoms in total. The van der Waals surface area contributed by atoms with Gasteiger partial charge in [-0.15, -0.1) is 10.2 Å². The highest BCUT2D eigenvalue weighted by Gasteiger charge is 2.34. The smallest absolute Gasteiger partial charge is 0.354 e. The van der Waals surface area contributed by atoms with Crippen molar-refractivity contribution in [1.29, 1.82) is 0 Å². The lowest BCUT2D eigenvalue weighted by Crippen LogP contribution is -2.46. The molecule has 0 aliphatic carbocycles. The highest BCUT2D eigenvalue weighted by Crippen LogP contribution is 2.06. The number of carboxylic acid groups (broad SMARTS) is 1. The summed E-state index contributed by atoms with van der Waals surface area (Å²) < 4.78 is 0. The molecule has 0 amide bonds. The molecule has 1 aliphatic heterocycles. The molecule has 1 aliphatic rings. The fourth-order valence-electron chi connectivity index (χ4n) is 0.337. The van der Waals surface area contributed by atoms with Gasteiger partial charge in [-0.1, -0.05) is 0 Å². The Balaban J connectivity index is 2.88. The molecule has 1 rings (SSSR count). The summed E-state index contributed by atoms with van der Waals surface area (Å²) in [6, 6.07) is 0. The van der Waals surface area contributed by atoms with Crippen LogP contribution in [0.5, 0.6) is 0 Å². The van der Waals surface area contributed by atoms with Crippen LogP contribution < -0.4 is 5.73 Å². The summed E-state index contributed by atoms with van der Waals surface area (Å²) in [5.74, 6) is -1.26. The Morgan fingerprint density at radius 2 is 2.44 bits per heavy atom. The minimum atomic E-state index is -1.72. The van der Waals surface area contributed by atoms with Gasteiger partial charge < -0.3 is 5.11 Å². The molecule has 6 heteroatoms. The van der Waals surface area contributed by atoms with Gasteiger partial charge in [0.15, 0.2) is 0 Å². The Bertz CT molecular complexity index is 184. The third-order valence-electron chi connectivity index (χ3n) is 0.859. The Labute approximate surface area is 50.1 Å². The average molecular weight is 128 g/mol. The van der Waals surface area contributed by atoms with E-state index in [1.807, 2.05) is 0 Å². The zero-order valence-corrected chi connectivity index (χ0v) is 4.35. The molecule has 0 aromatic heterocycles. The molecule has 0 spiro atoms. The van der Waals surface area contributed by atoms with Crippen LogP contribution >= 0.6 is 0 Å². The van der Waals surface area contributed by atoms with E-state index in [-0.39, 0.29) is 0 Å². The third-order valence-corrected chi connectivity index (χ3v) is 0.859. The van der Waals surface area contributed by atoms with Gasteiger partial charge in [0.2, 0.25) is 0 Å². The molecular formula is C3H4N4O2. The molecule has 0 saturated heterocycles. The molecule has 48 valence electrons. The molecule has 1 heterocycles. The van der Waals surface area contributed by atoms with Crippen LogP contribution in [0, 0.1) is 0 Å². The zero-order valence-electron chi connectivity index (χ0n) is 4.35. The molecule has 9 heavy (non-hydrogen) atoms. The van der Waals surface area contributed by atoms with Gasteiger partial charge in [0.05, 0.1) is 6.21 Å². The molecule has 0 radical (unpaired) electrons. The maximum Gasteiger partial charge on any atom is 0.354 e. The van der Waals surface area contributed by atoms with Crippen molar-refractivity contribution in [2.24, 2.45) is 21.2 Å². The van der Waals surface area contributed by atoms with Crippen molar-refractivity contribution in [3.05, 3.63) is 0 Å². The first-order chi connectivity index (χ1) is 4.15. The van der Waals surface area contributed by atoms with Crippen molar-refractivity contribution in [3.8, 4) is 0 Å². The Morgan fingerprint density at radius 1 is 1.78 bits per heavy atom. The lowest BCUT2D eigenvalue weighted by Gasteiger charge is -2.05. The largest absolute Gasteiger partial charge is 0.478 e. The monoisotopic (exact) mass is 128 g/mol. The van der Waals surface area contributed by atoms with Crippen LogP contribution in [0.15, 0.2) is 15.4 Å². The van der Waals surface area contributed by atoms with Crippen LogP contribution in [-0.2, 0) is 4.79 Å². The molecule has 0 bridgehead atoms. The van der Waals surface area contributed by atoms with Gasteiger partial charge in [0.1, 0.15) is 0 Å². The standard InChI is InChI=1S/C3H4N4O2/c4-3(2(8)9)1-5-7-6-3/h1H,4H2,(H,8,9). The zero-order chi connectivity index (χ0) is 6.91. The molecule has 0 saturated carbocycles. The van der Waals surface area contributed by atoms with Gasteiger partial charge in [0.25, 0.3) is 5.66 Å². The molecule has 1 unspecified atom stereocenters. The summed E-state index contributed by atoms with van der Waals surface area (Å²) >= 11 is 0. The average Bonchev–Trinajstić information content (AvgIpc) is 2.16. The molecule has 3 N–H and O–H groups in total. The van der Waals surface area contributed by atoms with Crippen molar-refractivity contribution in [2.75, 3.05) is 0 Å². The predicted molar refractivity (Wildman–Crippen MR) is 27.9 cm³/mol. The van der Waals surface area contributed by atoms with Crippen LogP contribution in [0.1, 0.15) is 0 Å². The lowest BCUT2D eigenvalue weighted by atomic mass is 10.2. The summed E-state index contributed by atoms with van der Waals surface area (Å²) in [4.78, 5) is 10.2.